The number of H-pyrrole nitrogens is 1. The lowest BCUT2D eigenvalue weighted by Crippen LogP contribution is -2.12. The van der Waals surface area contributed by atoms with Crippen LogP contribution >= 0.6 is 0 Å². The van der Waals surface area contributed by atoms with Crippen molar-refractivity contribution in [2.45, 2.75) is 0 Å². The maximum atomic E-state index is 14.0. The van der Waals surface area contributed by atoms with Gasteiger partial charge in [0.05, 0.1) is 21.5 Å². The van der Waals surface area contributed by atoms with Gasteiger partial charge >= 0.3 is 0 Å². The molecule has 0 radical (unpaired) electrons. The van der Waals surface area contributed by atoms with Crippen LogP contribution in [0.1, 0.15) is 10.4 Å². The zero-order valence-electron chi connectivity index (χ0n) is 15.1. The van der Waals surface area contributed by atoms with Gasteiger partial charge in [0, 0.05) is 17.3 Å². The van der Waals surface area contributed by atoms with Gasteiger partial charge in [-0.3, -0.25) is 14.9 Å². The Labute approximate surface area is 167 Å². The number of aromatic amines is 1. The second-order valence-corrected chi connectivity index (χ2v) is 6.43. The summed E-state index contributed by atoms with van der Waals surface area (Å²) in [6.45, 7) is 0. The molecule has 0 unspecified atom stereocenters. The molecule has 8 nitrogen and oxygen atoms in total. The van der Waals surface area contributed by atoms with Crippen LogP contribution < -0.4 is 11.1 Å². The summed E-state index contributed by atoms with van der Waals surface area (Å²) in [7, 11) is 0. The van der Waals surface area contributed by atoms with Gasteiger partial charge in [0.1, 0.15) is 23.1 Å². The molecule has 0 aliphatic heterocycles. The Balaban J connectivity index is 1.63. The standard InChI is InChI=1S/C20H13F2N5O3/c21-11-2-4-14(22)13(8-11)19-25-16-6-3-12(9-17(16)26-19)24-20(28)10-1-5-15(23)18(7-10)27(29)30/h1-9H,23H2,(H,24,28)(H,25,26). The van der Waals surface area contributed by atoms with Crippen molar-refractivity contribution in [2.75, 3.05) is 11.1 Å². The molecule has 0 saturated carbocycles. The van der Waals surface area contributed by atoms with E-state index in [4.69, 9.17) is 5.73 Å². The van der Waals surface area contributed by atoms with E-state index in [9.17, 15) is 23.7 Å². The zero-order chi connectivity index (χ0) is 21.4. The number of nitro benzene ring substituents is 1. The Morgan fingerprint density at radius 3 is 2.67 bits per heavy atom. The van der Waals surface area contributed by atoms with E-state index in [0.29, 0.717) is 16.7 Å². The lowest BCUT2D eigenvalue weighted by Gasteiger charge is -2.06. The number of anilines is 2. The number of nitrogen functional groups attached to an aromatic ring is 1. The Bertz CT molecular complexity index is 1320. The number of benzene rings is 3. The summed E-state index contributed by atoms with van der Waals surface area (Å²) in [5, 5.41) is 13.6. The van der Waals surface area contributed by atoms with Crippen molar-refractivity contribution >= 4 is 34.0 Å². The van der Waals surface area contributed by atoms with Crippen molar-refractivity contribution in [3.05, 3.63) is 81.9 Å². The molecule has 30 heavy (non-hydrogen) atoms. The van der Waals surface area contributed by atoms with Crippen LogP contribution in [0.2, 0.25) is 0 Å². The van der Waals surface area contributed by atoms with Crippen LogP contribution in [0.3, 0.4) is 0 Å². The number of carbonyl (C=O) groups excluding carboxylic acids is 1. The smallest absolute Gasteiger partial charge is 0.292 e. The van der Waals surface area contributed by atoms with Crippen molar-refractivity contribution in [2.24, 2.45) is 0 Å². The van der Waals surface area contributed by atoms with Gasteiger partial charge in [-0.1, -0.05) is 0 Å². The highest BCUT2D eigenvalue weighted by Crippen LogP contribution is 2.26. The summed E-state index contributed by atoms with van der Waals surface area (Å²) in [5.41, 5.74) is 6.50. The largest absolute Gasteiger partial charge is 0.393 e. The molecule has 3 aromatic carbocycles. The van der Waals surface area contributed by atoms with Gasteiger partial charge in [0.2, 0.25) is 0 Å². The number of imidazole rings is 1. The zero-order valence-corrected chi connectivity index (χ0v) is 15.1. The summed E-state index contributed by atoms with van der Waals surface area (Å²) in [5.74, 6) is -1.67. The average molecular weight is 409 g/mol. The number of nitrogens with one attached hydrogen (secondary N) is 2. The third kappa shape index (κ3) is 3.53. The number of hydrogen-bond acceptors (Lipinski definition) is 5. The quantitative estimate of drug-likeness (QED) is 0.264. The van der Waals surface area contributed by atoms with E-state index in [1.54, 1.807) is 18.2 Å². The molecule has 0 aliphatic carbocycles. The summed E-state index contributed by atoms with van der Waals surface area (Å²) in [6, 6.07) is 11.5. The highest BCUT2D eigenvalue weighted by molar-refractivity contribution is 6.05. The fourth-order valence-electron chi connectivity index (χ4n) is 2.94. The molecule has 1 heterocycles. The number of aromatic nitrogens is 2. The Kier molecular flexibility index (Phi) is 4.59. The molecule has 4 N–H and O–H groups in total. The average Bonchev–Trinajstić information content (AvgIpc) is 3.13. The molecular weight excluding hydrogens is 396 g/mol. The second kappa shape index (κ2) is 7.24. The van der Waals surface area contributed by atoms with Gasteiger partial charge < -0.3 is 16.0 Å². The fourth-order valence-corrected chi connectivity index (χ4v) is 2.94. The van der Waals surface area contributed by atoms with Crippen molar-refractivity contribution in [1.29, 1.82) is 0 Å². The molecule has 150 valence electrons. The highest BCUT2D eigenvalue weighted by atomic mass is 19.1. The van der Waals surface area contributed by atoms with Crippen molar-refractivity contribution in [3.8, 4) is 11.4 Å². The van der Waals surface area contributed by atoms with E-state index in [0.717, 1.165) is 24.3 Å². The second-order valence-electron chi connectivity index (χ2n) is 6.43. The summed E-state index contributed by atoms with van der Waals surface area (Å²) in [6.07, 6.45) is 0. The minimum absolute atomic E-state index is 0.0223. The minimum atomic E-state index is -0.671. The molecule has 0 saturated heterocycles. The monoisotopic (exact) mass is 409 g/mol. The molecule has 0 bridgehead atoms. The Hall–Kier alpha value is -4.34. The summed E-state index contributed by atoms with van der Waals surface area (Å²) in [4.78, 5) is 29.9. The minimum Gasteiger partial charge on any atom is -0.393 e. The molecule has 0 atom stereocenters. The number of hydrogen-bond donors (Lipinski definition) is 3. The third-order valence-corrected chi connectivity index (χ3v) is 4.41. The van der Waals surface area contributed by atoms with Crippen molar-refractivity contribution < 1.29 is 18.5 Å². The Morgan fingerprint density at radius 1 is 1.10 bits per heavy atom. The van der Waals surface area contributed by atoms with Gasteiger partial charge in [-0.2, -0.15) is 0 Å². The number of carbonyl (C=O) groups is 1. The normalized spacial score (nSPS) is 10.9. The maximum Gasteiger partial charge on any atom is 0.292 e. The van der Waals surface area contributed by atoms with E-state index < -0.39 is 22.5 Å². The van der Waals surface area contributed by atoms with E-state index >= 15 is 0 Å². The lowest BCUT2D eigenvalue weighted by atomic mass is 10.1. The van der Waals surface area contributed by atoms with Crippen molar-refractivity contribution in [3.63, 3.8) is 0 Å². The van der Waals surface area contributed by atoms with Gasteiger partial charge in [-0.05, 0) is 48.5 Å². The number of amides is 1. The summed E-state index contributed by atoms with van der Waals surface area (Å²) < 4.78 is 27.5. The molecule has 10 heteroatoms. The van der Waals surface area contributed by atoms with Crippen molar-refractivity contribution in [1.82, 2.24) is 9.97 Å². The van der Waals surface area contributed by atoms with Crippen LogP contribution in [0.15, 0.2) is 54.6 Å². The van der Waals surface area contributed by atoms with Crippen LogP contribution in [0.25, 0.3) is 22.4 Å². The molecule has 4 rings (SSSR count). The molecular formula is C20H13F2N5O3. The van der Waals surface area contributed by atoms with E-state index in [-0.39, 0.29) is 28.3 Å². The molecule has 0 fully saturated rings. The van der Waals surface area contributed by atoms with Gasteiger partial charge in [-0.15, -0.1) is 0 Å². The van der Waals surface area contributed by atoms with Gasteiger partial charge in [0.15, 0.2) is 0 Å². The number of halogens is 2. The first-order chi connectivity index (χ1) is 14.3. The van der Waals surface area contributed by atoms with E-state index in [1.165, 1.54) is 12.1 Å². The van der Waals surface area contributed by atoms with E-state index in [2.05, 4.69) is 15.3 Å². The lowest BCUT2D eigenvalue weighted by molar-refractivity contribution is -0.383. The number of nitro groups is 1. The SMILES string of the molecule is Nc1ccc(C(=O)Nc2ccc3nc(-c4cc(F)ccc4F)[nH]c3c2)cc1[N+](=O)[O-]. The molecule has 1 amide bonds. The predicted molar refractivity (Wildman–Crippen MR) is 107 cm³/mol. The molecule has 0 aliphatic rings. The van der Waals surface area contributed by atoms with Crippen LogP contribution in [-0.2, 0) is 0 Å². The number of nitrogens with two attached hydrogens (primary N) is 1. The highest BCUT2D eigenvalue weighted by Gasteiger charge is 2.16. The fraction of sp³-hybridized carbons (Fsp3) is 0. The summed E-state index contributed by atoms with van der Waals surface area (Å²) >= 11 is 0. The van der Waals surface area contributed by atoms with Crippen LogP contribution in [0, 0.1) is 21.7 Å². The first-order valence-corrected chi connectivity index (χ1v) is 8.62. The molecule has 0 spiro atoms. The van der Waals surface area contributed by atoms with Gasteiger partial charge in [-0.25, -0.2) is 13.8 Å². The first-order valence-electron chi connectivity index (χ1n) is 8.62. The maximum absolute atomic E-state index is 14.0. The first kappa shape index (κ1) is 19.0. The number of rotatable bonds is 4. The van der Waals surface area contributed by atoms with Crippen LogP contribution in [-0.4, -0.2) is 20.8 Å². The molecule has 1 aromatic heterocycles. The number of nitrogens with zero attached hydrogens (tertiary/aromatic N) is 2. The van der Waals surface area contributed by atoms with Crippen LogP contribution in [0.5, 0.6) is 0 Å². The van der Waals surface area contributed by atoms with Gasteiger partial charge in [0.25, 0.3) is 11.6 Å². The molecule has 4 aromatic rings. The predicted octanol–water partition coefficient (Wildman–Crippen LogP) is 4.25. The topological polar surface area (TPSA) is 127 Å². The van der Waals surface area contributed by atoms with E-state index in [1.807, 2.05) is 0 Å². The third-order valence-electron chi connectivity index (χ3n) is 4.41. The number of fused-ring (bicyclic) bond motifs is 1. The Morgan fingerprint density at radius 2 is 1.90 bits per heavy atom. The van der Waals surface area contributed by atoms with Crippen LogP contribution in [0.4, 0.5) is 25.8 Å².